The van der Waals surface area contributed by atoms with Crippen LogP contribution in [0.25, 0.3) is 0 Å². The van der Waals surface area contributed by atoms with E-state index in [0.717, 1.165) is 19.4 Å². The first kappa shape index (κ1) is 17.3. The number of nitrogens with one attached hydrogen (secondary N) is 2. The van der Waals surface area contributed by atoms with E-state index in [1.807, 2.05) is 0 Å². The van der Waals surface area contributed by atoms with E-state index in [0.29, 0.717) is 26.3 Å². The average molecular weight is 290 g/mol. The summed E-state index contributed by atoms with van der Waals surface area (Å²) in [5, 5.41) is 15.2. The molecule has 0 aromatic rings. The van der Waals surface area contributed by atoms with Crippen molar-refractivity contribution in [3.63, 3.8) is 0 Å². The Balaban J connectivity index is 1.91. The van der Waals surface area contributed by atoms with E-state index in [4.69, 9.17) is 14.2 Å². The molecule has 0 spiro atoms. The zero-order chi connectivity index (χ0) is 14.6. The number of rotatable bonds is 11. The summed E-state index contributed by atoms with van der Waals surface area (Å²) in [4.78, 5) is 11.3. The molecular weight excluding hydrogens is 264 g/mol. The first-order chi connectivity index (χ1) is 9.72. The first-order valence-electron chi connectivity index (χ1n) is 7.06. The highest BCUT2D eigenvalue weighted by Gasteiger charge is 2.16. The Kier molecular flexibility index (Phi) is 9.52. The molecule has 7 heteroatoms. The lowest BCUT2D eigenvalue weighted by molar-refractivity contribution is -0.120. The zero-order valence-corrected chi connectivity index (χ0v) is 12.1. The van der Waals surface area contributed by atoms with E-state index < -0.39 is 6.10 Å². The van der Waals surface area contributed by atoms with Crippen LogP contribution in [0.5, 0.6) is 0 Å². The van der Waals surface area contributed by atoms with Crippen LogP contribution in [0.4, 0.5) is 0 Å². The molecule has 0 saturated carbocycles. The molecule has 0 bridgehead atoms. The number of carbonyl (C=O) groups excluding carboxylic acids is 1. The molecule has 3 N–H and O–H groups in total. The van der Waals surface area contributed by atoms with E-state index in [9.17, 15) is 9.90 Å². The van der Waals surface area contributed by atoms with Crippen molar-refractivity contribution in [1.29, 1.82) is 0 Å². The first-order valence-corrected chi connectivity index (χ1v) is 7.06. The van der Waals surface area contributed by atoms with Gasteiger partial charge in [0.25, 0.3) is 0 Å². The summed E-state index contributed by atoms with van der Waals surface area (Å²) >= 11 is 0. The Bertz CT molecular complexity index is 259. The molecule has 7 nitrogen and oxygen atoms in total. The molecule has 0 aromatic carbocycles. The van der Waals surface area contributed by atoms with Gasteiger partial charge in [-0.05, 0) is 12.8 Å². The molecule has 20 heavy (non-hydrogen) atoms. The fraction of sp³-hybridized carbons (Fsp3) is 0.923. The lowest BCUT2D eigenvalue weighted by Gasteiger charge is -2.14. The van der Waals surface area contributed by atoms with Crippen molar-refractivity contribution in [2.45, 2.75) is 25.0 Å². The van der Waals surface area contributed by atoms with Gasteiger partial charge in [-0.2, -0.15) is 0 Å². The molecule has 1 fully saturated rings. The van der Waals surface area contributed by atoms with Gasteiger partial charge in [-0.3, -0.25) is 4.79 Å². The topological polar surface area (TPSA) is 89.1 Å². The maximum absolute atomic E-state index is 11.3. The quantitative estimate of drug-likeness (QED) is 0.418. The summed E-state index contributed by atoms with van der Waals surface area (Å²) < 4.78 is 15.6. The largest absolute Gasteiger partial charge is 0.389 e. The van der Waals surface area contributed by atoms with Crippen LogP contribution >= 0.6 is 0 Å². The lowest BCUT2D eigenvalue weighted by Crippen LogP contribution is -2.39. The molecule has 1 aliphatic rings. The number of carbonyl (C=O) groups is 1. The summed E-state index contributed by atoms with van der Waals surface area (Å²) in [5.41, 5.74) is 0. The molecule has 0 aliphatic carbocycles. The molecule has 0 aromatic heterocycles. The van der Waals surface area contributed by atoms with Crippen molar-refractivity contribution in [3.8, 4) is 0 Å². The Hall–Kier alpha value is -0.730. The highest BCUT2D eigenvalue weighted by Crippen LogP contribution is 2.11. The second-order valence-corrected chi connectivity index (χ2v) is 4.80. The number of aliphatic hydroxyl groups excluding tert-OH is 1. The molecule has 1 aliphatic heterocycles. The molecule has 2 unspecified atom stereocenters. The van der Waals surface area contributed by atoms with E-state index in [1.165, 1.54) is 0 Å². The molecule has 0 radical (unpaired) electrons. The predicted octanol–water partition coefficient (Wildman–Crippen LogP) is -1.10. The van der Waals surface area contributed by atoms with Gasteiger partial charge in [0, 0.05) is 26.8 Å². The summed E-state index contributed by atoms with van der Waals surface area (Å²) in [6.45, 7) is 3.05. The van der Waals surface area contributed by atoms with Gasteiger partial charge in [-0.1, -0.05) is 0 Å². The van der Waals surface area contributed by atoms with Crippen molar-refractivity contribution < 1.29 is 24.1 Å². The van der Waals surface area contributed by atoms with Crippen LogP contribution in [0.1, 0.15) is 12.8 Å². The number of aliphatic hydroxyl groups is 1. The molecule has 2 atom stereocenters. The van der Waals surface area contributed by atoms with Gasteiger partial charge >= 0.3 is 0 Å². The van der Waals surface area contributed by atoms with E-state index in [2.05, 4.69) is 10.6 Å². The van der Waals surface area contributed by atoms with Gasteiger partial charge in [0.05, 0.1) is 38.6 Å². The van der Waals surface area contributed by atoms with Crippen LogP contribution in [-0.4, -0.2) is 76.4 Å². The minimum absolute atomic E-state index is 0.116. The second-order valence-electron chi connectivity index (χ2n) is 4.80. The molecule has 1 amide bonds. The molecular formula is C13H26N2O5. The Morgan fingerprint density at radius 3 is 3.10 bits per heavy atom. The van der Waals surface area contributed by atoms with Gasteiger partial charge < -0.3 is 30.0 Å². The van der Waals surface area contributed by atoms with Crippen molar-refractivity contribution in [2.24, 2.45) is 0 Å². The smallest absolute Gasteiger partial charge is 0.234 e. The summed E-state index contributed by atoms with van der Waals surface area (Å²) in [7, 11) is 1.58. The fourth-order valence-electron chi connectivity index (χ4n) is 1.88. The summed E-state index contributed by atoms with van der Waals surface area (Å²) in [5.74, 6) is -0.116. The normalized spacial score (nSPS) is 20.0. The highest BCUT2D eigenvalue weighted by atomic mass is 16.5. The third-order valence-corrected chi connectivity index (χ3v) is 2.93. The molecule has 1 heterocycles. The Morgan fingerprint density at radius 2 is 2.40 bits per heavy atom. The van der Waals surface area contributed by atoms with Crippen LogP contribution in [0.3, 0.4) is 0 Å². The third kappa shape index (κ3) is 8.44. The van der Waals surface area contributed by atoms with Crippen LogP contribution < -0.4 is 10.6 Å². The molecule has 1 rings (SSSR count). The van der Waals surface area contributed by atoms with Gasteiger partial charge in [-0.15, -0.1) is 0 Å². The third-order valence-electron chi connectivity index (χ3n) is 2.93. The minimum atomic E-state index is -0.622. The Labute approximate surface area is 120 Å². The molecule has 1 saturated heterocycles. The number of amides is 1. The highest BCUT2D eigenvalue weighted by molar-refractivity contribution is 5.77. The number of ether oxygens (including phenoxy) is 3. The van der Waals surface area contributed by atoms with Gasteiger partial charge in [0.15, 0.2) is 0 Å². The van der Waals surface area contributed by atoms with Gasteiger partial charge in [0.2, 0.25) is 5.91 Å². The van der Waals surface area contributed by atoms with E-state index in [1.54, 1.807) is 7.11 Å². The number of methoxy groups -OCH3 is 1. The lowest BCUT2D eigenvalue weighted by atomic mass is 10.2. The molecule has 118 valence electrons. The standard InChI is InChI=1S/C13H26N2O5/c1-18-6-4-15-13(17)8-14-7-11(16)9-19-10-12-3-2-5-20-12/h11-12,14,16H,2-10H2,1H3,(H,15,17). The maximum Gasteiger partial charge on any atom is 0.234 e. The van der Waals surface area contributed by atoms with Crippen molar-refractivity contribution >= 4 is 5.91 Å². The number of hydrogen-bond donors (Lipinski definition) is 3. The van der Waals surface area contributed by atoms with Crippen molar-refractivity contribution in [1.82, 2.24) is 10.6 Å². The van der Waals surface area contributed by atoms with Crippen LogP contribution in [-0.2, 0) is 19.0 Å². The average Bonchev–Trinajstić information content (AvgIpc) is 2.92. The summed E-state index contributed by atoms with van der Waals surface area (Å²) in [6.07, 6.45) is 1.65. The van der Waals surface area contributed by atoms with E-state index in [-0.39, 0.29) is 25.2 Å². The number of hydrogen-bond acceptors (Lipinski definition) is 6. The monoisotopic (exact) mass is 290 g/mol. The fourth-order valence-corrected chi connectivity index (χ4v) is 1.88. The summed E-state index contributed by atoms with van der Waals surface area (Å²) in [6, 6.07) is 0. The van der Waals surface area contributed by atoms with Crippen LogP contribution in [0.2, 0.25) is 0 Å². The zero-order valence-electron chi connectivity index (χ0n) is 12.1. The van der Waals surface area contributed by atoms with Crippen molar-refractivity contribution in [2.75, 3.05) is 53.2 Å². The van der Waals surface area contributed by atoms with Crippen molar-refractivity contribution in [3.05, 3.63) is 0 Å². The van der Waals surface area contributed by atoms with Gasteiger partial charge in [-0.25, -0.2) is 0 Å². The predicted molar refractivity (Wildman–Crippen MR) is 73.6 cm³/mol. The Morgan fingerprint density at radius 1 is 1.55 bits per heavy atom. The second kappa shape index (κ2) is 11.0. The van der Waals surface area contributed by atoms with E-state index >= 15 is 0 Å². The maximum atomic E-state index is 11.3. The van der Waals surface area contributed by atoms with Gasteiger partial charge in [0.1, 0.15) is 0 Å². The van der Waals surface area contributed by atoms with Crippen LogP contribution in [0, 0.1) is 0 Å². The SMILES string of the molecule is COCCNC(=O)CNCC(O)COCC1CCCO1. The van der Waals surface area contributed by atoms with Crippen LogP contribution in [0.15, 0.2) is 0 Å². The minimum Gasteiger partial charge on any atom is -0.389 e.